The zero-order valence-electron chi connectivity index (χ0n) is 25.0. The second kappa shape index (κ2) is 15.3. The van der Waals surface area contributed by atoms with Crippen LogP contribution in [0.3, 0.4) is 0 Å². The lowest BCUT2D eigenvalue weighted by Crippen LogP contribution is -2.52. The fraction of sp³-hybridized carbons (Fsp3) is 0.567. The predicted octanol–water partition coefficient (Wildman–Crippen LogP) is 2.88. The lowest BCUT2D eigenvalue weighted by molar-refractivity contribution is -0.125. The van der Waals surface area contributed by atoms with Crippen LogP contribution < -0.4 is 10.1 Å². The van der Waals surface area contributed by atoms with Crippen LogP contribution in [0, 0.1) is 11.8 Å². The van der Waals surface area contributed by atoms with Crippen LogP contribution in [-0.4, -0.2) is 87.6 Å². The van der Waals surface area contributed by atoms with Crippen molar-refractivity contribution < 1.29 is 31.5 Å². The molecule has 0 bridgehead atoms. The molecule has 3 atom stereocenters. The molecule has 0 aliphatic carbocycles. The Morgan fingerprint density at radius 3 is 2.14 bits per heavy atom. The molecular weight excluding hydrogens is 578 g/mol. The molecule has 1 aliphatic rings. The summed E-state index contributed by atoms with van der Waals surface area (Å²) in [5.41, 5.74) is 0.837. The average molecular weight is 624 g/mol. The van der Waals surface area contributed by atoms with Gasteiger partial charge in [-0.25, -0.2) is 21.1 Å². The van der Waals surface area contributed by atoms with E-state index < -0.39 is 44.0 Å². The van der Waals surface area contributed by atoms with E-state index in [0.29, 0.717) is 18.8 Å². The highest BCUT2D eigenvalue weighted by molar-refractivity contribution is 7.89. The molecule has 0 aromatic heterocycles. The van der Waals surface area contributed by atoms with Gasteiger partial charge in [-0.3, -0.25) is 4.79 Å². The summed E-state index contributed by atoms with van der Waals surface area (Å²) in [6, 6.07) is 14.4. The maximum atomic E-state index is 13.6. The first-order chi connectivity index (χ1) is 19.8. The van der Waals surface area contributed by atoms with E-state index in [1.807, 2.05) is 44.2 Å². The van der Waals surface area contributed by atoms with E-state index in [9.17, 15) is 26.7 Å². The van der Waals surface area contributed by atoms with Gasteiger partial charge >= 0.3 is 0 Å². The molecular formula is C30H45N3O7S2. The maximum Gasteiger partial charge on any atom is 0.243 e. The Labute approximate surface area is 251 Å². The number of hydrogen-bond acceptors (Lipinski definition) is 7. The van der Waals surface area contributed by atoms with Crippen molar-refractivity contribution in [2.75, 3.05) is 39.0 Å². The van der Waals surface area contributed by atoms with Crippen molar-refractivity contribution in [2.24, 2.45) is 11.8 Å². The molecule has 1 amide bonds. The summed E-state index contributed by atoms with van der Waals surface area (Å²) in [4.78, 5) is 13.4. The van der Waals surface area contributed by atoms with E-state index in [4.69, 9.17) is 4.74 Å². The van der Waals surface area contributed by atoms with Crippen LogP contribution in [0.15, 0.2) is 59.5 Å². The van der Waals surface area contributed by atoms with Gasteiger partial charge in [0.05, 0.1) is 35.8 Å². The first-order valence-electron chi connectivity index (χ1n) is 14.5. The van der Waals surface area contributed by atoms with Gasteiger partial charge in [0.25, 0.3) is 0 Å². The third kappa shape index (κ3) is 9.50. The summed E-state index contributed by atoms with van der Waals surface area (Å²) in [6.45, 7) is 6.14. The third-order valence-electron chi connectivity index (χ3n) is 7.36. The quantitative estimate of drug-likeness (QED) is 0.312. The minimum Gasteiger partial charge on any atom is -0.497 e. The monoisotopic (exact) mass is 623 g/mol. The zero-order valence-corrected chi connectivity index (χ0v) is 26.6. The molecule has 42 heavy (non-hydrogen) atoms. The van der Waals surface area contributed by atoms with E-state index >= 15 is 0 Å². The van der Waals surface area contributed by atoms with Gasteiger partial charge in [0, 0.05) is 26.2 Å². The van der Waals surface area contributed by atoms with Crippen LogP contribution in [-0.2, 0) is 31.3 Å². The maximum absolute atomic E-state index is 13.6. The van der Waals surface area contributed by atoms with Gasteiger partial charge in [-0.1, -0.05) is 57.5 Å². The molecule has 0 radical (unpaired) electrons. The Hall–Kier alpha value is -2.51. The number of benzene rings is 2. The first-order valence-corrected chi connectivity index (χ1v) is 17.5. The van der Waals surface area contributed by atoms with Crippen LogP contribution in [0.5, 0.6) is 5.75 Å². The molecule has 234 valence electrons. The second-order valence-electron chi connectivity index (χ2n) is 11.4. The van der Waals surface area contributed by atoms with Crippen molar-refractivity contribution in [2.45, 2.75) is 63.5 Å². The van der Waals surface area contributed by atoms with Gasteiger partial charge in [0.2, 0.25) is 26.0 Å². The number of nitrogens with zero attached hydrogens (tertiary/aromatic N) is 2. The van der Waals surface area contributed by atoms with E-state index in [1.54, 1.807) is 19.1 Å². The number of nitrogens with one attached hydrogen (secondary N) is 1. The minimum atomic E-state index is -3.98. The molecule has 0 spiro atoms. The van der Waals surface area contributed by atoms with Gasteiger partial charge in [0.15, 0.2) is 0 Å². The standard InChI is InChI=1S/C30H45N3O7S2/c1-23(2)20-33(42(38,39)27-15-13-26(40-4)14-16-27)21-29(34)28(19-25-11-7-5-8-12-25)31-30(35)24(3)22-41(36,37)32-17-9-6-10-18-32/h5,7-8,11-16,23-24,28-29,34H,6,9-10,17-22H2,1-4H3,(H,31,35)/t24-,28+,29-/m1/s1. The molecule has 1 aliphatic heterocycles. The molecule has 3 rings (SSSR count). The number of carbonyl (C=O) groups excluding carboxylic acids is 1. The number of sulfonamides is 2. The number of piperidine rings is 1. The molecule has 10 nitrogen and oxygen atoms in total. The molecule has 1 heterocycles. The number of aliphatic hydroxyl groups excluding tert-OH is 1. The van der Waals surface area contributed by atoms with Crippen molar-refractivity contribution in [3.05, 3.63) is 60.2 Å². The lowest BCUT2D eigenvalue weighted by atomic mass is 10.00. The molecule has 2 aromatic rings. The number of amides is 1. The highest BCUT2D eigenvalue weighted by Gasteiger charge is 2.33. The highest BCUT2D eigenvalue weighted by Crippen LogP contribution is 2.22. The Bertz CT molecular complexity index is 1350. The second-order valence-corrected chi connectivity index (χ2v) is 15.4. The van der Waals surface area contributed by atoms with E-state index in [-0.39, 0.29) is 36.1 Å². The fourth-order valence-corrected chi connectivity index (χ4v) is 8.46. The van der Waals surface area contributed by atoms with Crippen LogP contribution in [0.25, 0.3) is 0 Å². The summed E-state index contributed by atoms with van der Waals surface area (Å²) < 4.78 is 61.0. The van der Waals surface area contributed by atoms with Crippen LogP contribution >= 0.6 is 0 Å². The number of ether oxygens (including phenoxy) is 1. The summed E-state index contributed by atoms with van der Waals surface area (Å²) in [5.74, 6) is -1.22. The summed E-state index contributed by atoms with van der Waals surface area (Å²) >= 11 is 0. The van der Waals surface area contributed by atoms with Crippen molar-refractivity contribution in [3.63, 3.8) is 0 Å². The highest BCUT2D eigenvalue weighted by atomic mass is 32.2. The lowest BCUT2D eigenvalue weighted by Gasteiger charge is -2.31. The zero-order chi connectivity index (χ0) is 30.9. The molecule has 2 aromatic carbocycles. The van der Waals surface area contributed by atoms with E-state index in [1.165, 1.54) is 27.9 Å². The molecule has 12 heteroatoms. The number of hydrogen-bond donors (Lipinski definition) is 2. The topological polar surface area (TPSA) is 133 Å². The first kappa shape index (κ1) is 34.0. The SMILES string of the molecule is COc1ccc(S(=O)(=O)N(CC(C)C)C[C@@H](O)[C@H](Cc2ccccc2)NC(=O)[C@H](C)CS(=O)(=O)N2CCCCC2)cc1. The largest absolute Gasteiger partial charge is 0.497 e. The summed E-state index contributed by atoms with van der Waals surface area (Å²) in [7, 11) is -6.10. The van der Waals surface area contributed by atoms with Crippen molar-refractivity contribution in [1.29, 1.82) is 0 Å². The smallest absolute Gasteiger partial charge is 0.243 e. The third-order valence-corrected chi connectivity index (χ3v) is 11.3. The van der Waals surface area contributed by atoms with Crippen LogP contribution in [0.4, 0.5) is 0 Å². The van der Waals surface area contributed by atoms with Crippen molar-refractivity contribution in [3.8, 4) is 5.75 Å². The normalized spacial score (nSPS) is 17.1. The van der Waals surface area contributed by atoms with Crippen LogP contribution in [0.2, 0.25) is 0 Å². The summed E-state index contributed by atoms with van der Waals surface area (Å²) in [5, 5.41) is 14.3. The van der Waals surface area contributed by atoms with Crippen molar-refractivity contribution in [1.82, 2.24) is 13.9 Å². The Kier molecular flexibility index (Phi) is 12.4. The molecule has 2 N–H and O–H groups in total. The van der Waals surface area contributed by atoms with Gasteiger partial charge in [-0.15, -0.1) is 0 Å². The summed E-state index contributed by atoms with van der Waals surface area (Å²) in [6.07, 6.45) is 1.56. The number of carbonyl (C=O) groups is 1. The molecule has 0 saturated carbocycles. The van der Waals surface area contributed by atoms with Gasteiger partial charge < -0.3 is 15.2 Å². The average Bonchev–Trinajstić information content (AvgIpc) is 2.97. The van der Waals surface area contributed by atoms with Gasteiger partial charge in [-0.05, 0) is 55.0 Å². The molecule has 1 fully saturated rings. The fourth-order valence-electron chi connectivity index (χ4n) is 5.03. The van der Waals surface area contributed by atoms with Crippen molar-refractivity contribution >= 4 is 26.0 Å². The Balaban J connectivity index is 1.81. The Morgan fingerprint density at radius 1 is 0.952 bits per heavy atom. The molecule has 1 saturated heterocycles. The predicted molar refractivity (Wildman–Crippen MR) is 163 cm³/mol. The van der Waals surface area contributed by atoms with Crippen LogP contribution in [0.1, 0.15) is 45.6 Å². The number of rotatable bonds is 15. The van der Waals surface area contributed by atoms with E-state index in [2.05, 4.69) is 5.32 Å². The Morgan fingerprint density at radius 2 is 1.57 bits per heavy atom. The molecule has 0 unspecified atom stereocenters. The minimum absolute atomic E-state index is 0.0348. The van der Waals surface area contributed by atoms with Gasteiger partial charge in [0.1, 0.15) is 5.75 Å². The van der Waals surface area contributed by atoms with Gasteiger partial charge in [-0.2, -0.15) is 4.31 Å². The van der Waals surface area contributed by atoms with E-state index in [0.717, 1.165) is 24.8 Å². The number of methoxy groups -OCH3 is 1. The number of aliphatic hydroxyl groups is 1.